The van der Waals surface area contributed by atoms with E-state index in [9.17, 15) is 0 Å². The normalized spacial score (nSPS) is 15.5. The SMILES string of the molecule is NC(=NCc1ccc(-n2ccnc2)cc1)NC1CC1. The highest BCUT2D eigenvalue weighted by molar-refractivity contribution is 5.78. The summed E-state index contributed by atoms with van der Waals surface area (Å²) in [6.45, 7) is 0.607. The van der Waals surface area contributed by atoms with E-state index < -0.39 is 0 Å². The highest BCUT2D eigenvalue weighted by Gasteiger charge is 2.21. The minimum Gasteiger partial charge on any atom is -0.370 e. The minimum absolute atomic E-state index is 0.543. The van der Waals surface area contributed by atoms with Crippen LogP contribution in [0.3, 0.4) is 0 Å². The Labute approximate surface area is 112 Å². The smallest absolute Gasteiger partial charge is 0.189 e. The molecule has 3 N–H and O–H groups in total. The van der Waals surface area contributed by atoms with Crippen LogP contribution in [-0.4, -0.2) is 21.6 Å². The fourth-order valence-electron chi connectivity index (χ4n) is 1.84. The van der Waals surface area contributed by atoms with E-state index in [2.05, 4.69) is 39.6 Å². The van der Waals surface area contributed by atoms with Gasteiger partial charge in [-0.3, -0.25) is 0 Å². The zero-order valence-electron chi connectivity index (χ0n) is 10.7. The van der Waals surface area contributed by atoms with E-state index in [1.165, 1.54) is 12.8 Å². The first-order valence-electron chi connectivity index (χ1n) is 6.45. The monoisotopic (exact) mass is 255 g/mol. The number of hydrogen-bond donors (Lipinski definition) is 2. The third-order valence-electron chi connectivity index (χ3n) is 3.10. The number of nitrogens with zero attached hydrogens (tertiary/aromatic N) is 3. The molecular formula is C14H17N5. The molecule has 0 spiro atoms. The molecule has 0 aliphatic heterocycles. The molecule has 0 bridgehead atoms. The largest absolute Gasteiger partial charge is 0.370 e. The summed E-state index contributed by atoms with van der Waals surface area (Å²) in [5.74, 6) is 0.543. The number of aliphatic imine (C=N–C) groups is 1. The van der Waals surface area contributed by atoms with Crippen molar-refractivity contribution in [3.05, 3.63) is 48.5 Å². The van der Waals surface area contributed by atoms with Crippen LogP contribution in [0, 0.1) is 0 Å². The highest BCUT2D eigenvalue weighted by Crippen LogP contribution is 2.18. The van der Waals surface area contributed by atoms with Crippen molar-refractivity contribution in [2.45, 2.75) is 25.4 Å². The maximum atomic E-state index is 5.80. The Morgan fingerprint density at radius 2 is 2.16 bits per heavy atom. The van der Waals surface area contributed by atoms with Gasteiger partial charge in [-0.2, -0.15) is 0 Å². The van der Waals surface area contributed by atoms with Crippen LogP contribution in [0.25, 0.3) is 5.69 Å². The molecule has 1 heterocycles. The molecule has 0 saturated heterocycles. The van der Waals surface area contributed by atoms with Gasteiger partial charge in [-0.25, -0.2) is 9.98 Å². The van der Waals surface area contributed by atoms with Gasteiger partial charge in [-0.1, -0.05) is 12.1 Å². The molecule has 1 aromatic carbocycles. The number of nitrogens with two attached hydrogens (primary N) is 1. The van der Waals surface area contributed by atoms with Gasteiger partial charge in [0.2, 0.25) is 0 Å². The summed E-state index contributed by atoms with van der Waals surface area (Å²) < 4.78 is 1.97. The molecule has 0 unspecified atom stereocenters. The van der Waals surface area contributed by atoms with Crippen molar-refractivity contribution >= 4 is 5.96 Å². The zero-order valence-corrected chi connectivity index (χ0v) is 10.7. The minimum atomic E-state index is 0.543. The summed E-state index contributed by atoms with van der Waals surface area (Å²) >= 11 is 0. The first-order chi connectivity index (χ1) is 9.31. The lowest BCUT2D eigenvalue weighted by Gasteiger charge is -2.05. The Hall–Kier alpha value is -2.30. The molecule has 5 heteroatoms. The Morgan fingerprint density at radius 1 is 1.37 bits per heavy atom. The molecule has 1 fully saturated rings. The Balaban J connectivity index is 1.62. The molecule has 5 nitrogen and oxygen atoms in total. The van der Waals surface area contributed by atoms with Crippen molar-refractivity contribution in [2.75, 3.05) is 0 Å². The van der Waals surface area contributed by atoms with E-state index in [0.717, 1.165) is 11.3 Å². The first kappa shape index (κ1) is 11.8. The fraction of sp³-hybridized carbons (Fsp3) is 0.286. The van der Waals surface area contributed by atoms with E-state index in [-0.39, 0.29) is 0 Å². The highest BCUT2D eigenvalue weighted by atomic mass is 15.1. The van der Waals surface area contributed by atoms with E-state index in [0.29, 0.717) is 18.5 Å². The van der Waals surface area contributed by atoms with Crippen LogP contribution in [0.1, 0.15) is 18.4 Å². The van der Waals surface area contributed by atoms with Crippen LogP contribution in [0.4, 0.5) is 0 Å². The van der Waals surface area contributed by atoms with Gasteiger partial charge >= 0.3 is 0 Å². The standard InChI is InChI=1S/C14H17N5/c15-14(18-12-3-4-12)17-9-11-1-5-13(6-2-11)19-8-7-16-10-19/h1-2,5-8,10,12H,3-4,9H2,(H3,15,17,18). The molecule has 2 aromatic rings. The summed E-state index contributed by atoms with van der Waals surface area (Å²) in [6, 6.07) is 8.77. The predicted molar refractivity (Wildman–Crippen MR) is 75.0 cm³/mol. The van der Waals surface area contributed by atoms with Crippen molar-refractivity contribution < 1.29 is 0 Å². The number of nitrogens with one attached hydrogen (secondary N) is 1. The molecule has 1 aliphatic carbocycles. The average molecular weight is 255 g/mol. The summed E-state index contributed by atoms with van der Waals surface area (Å²) in [5, 5.41) is 3.17. The van der Waals surface area contributed by atoms with Crippen molar-refractivity contribution in [3.8, 4) is 5.69 Å². The zero-order chi connectivity index (χ0) is 13.1. The van der Waals surface area contributed by atoms with Crippen molar-refractivity contribution in [1.29, 1.82) is 0 Å². The molecule has 19 heavy (non-hydrogen) atoms. The Bertz CT molecular complexity index is 552. The second-order valence-electron chi connectivity index (χ2n) is 4.76. The van der Waals surface area contributed by atoms with Gasteiger partial charge in [0, 0.05) is 24.1 Å². The lowest BCUT2D eigenvalue weighted by atomic mass is 10.2. The summed E-state index contributed by atoms with van der Waals surface area (Å²) in [7, 11) is 0. The quantitative estimate of drug-likeness (QED) is 0.641. The second kappa shape index (κ2) is 5.14. The third kappa shape index (κ3) is 3.13. The van der Waals surface area contributed by atoms with Gasteiger partial charge < -0.3 is 15.6 Å². The number of aromatic nitrogens is 2. The van der Waals surface area contributed by atoms with Gasteiger partial charge in [0.25, 0.3) is 0 Å². The molecule has 1 saturated carbocycles. The van der Waals surface area contributed by atoms with Gasteiger partial charge in [-0.15, -0.1) is 0 Å². The maximum Gasteiger partial charge on any atom is 0.189 e. The van der Waals surface area contributed by atoms with Crippen LogP contribution in [-0.2, 0) is 6.54 Å². The fourth-order valence-corrected chi connectivity index (χ4v) is 1.84. The van der Waals surface area contributed by atoms with E-state index in [1.807, 2.05) is 10.8 Å². The summed E-state index contributed by atoms with van der Waals surface area (Å²) in [4.78, 5) is 8.36. The maximum absolute atomic E-state index is 5.80. The Kier molecular flexibility index (Phi) is 3.18. The molecule has 98 valence electrons. The van der Waals surface area contributed by atoms with Crippen LogP contribution in [0.2, 0.25) is 0 Å². The van der Waals surface area contributed by atoms with Crippen LogP contribution in [0.5, 0.6) is 0 Å². The van der Waals surface area contributed by atoms with Gasteiger partial charge in [0.05, 0.1) is 12.9 Å². The molecule has 0 radical (unpaired) electrons. The lowest BCUT2D eigenvalue weighted by Crippen LogP contribution is -2.33. The molecule has 0 atom stereocenters. The topological polar surface area (TPSA) is 68.2 Å². The van der Waals surface area contributed by atoms with Crippen molar-refractivity contribution in [1.82, 2.24) is 14.9 Å². The molecular weight excluding hydrogens is 238 g/mol. The summed E-state index contributed by atoms with van der Waals surface area (Å²) in [6.07, 6.45) is 7.88. The third-order valence-corrected chi connectivity index (χ3v) is 3.10. The molecule has 0 amide bonds. The molecule has 3 rings (SSSR count). The van der Waals surface area contributed by atoms with E-state index in [4.69, 9.17) is 5.73 Å². The van der Waals surface area contributed by atoms with Crippen LogP contribution in [0.15, 0.2) is 48.0 Å². The number of guanidine groups is 1. The average Bonchev–Trinajstić information content (AvgIpc) is 3.07. The number of imidazole rings is 1. The van der Waals surface area contributed by atoms with Gasteiger partial charge in [-0.05, 0) is 30.5 Å². The van der Waals surface area contributed by atoms with Crippen LogP contribution < -0.4 is 11.1 Å². The van der Waals surface area contributed by atoms with E-state index in [1.54, 1.807) is 12.5 Å². The second-order valence-corrected chi connectivity index (χ2v) is 4.76. The van der Waals surface area contributed by atoms with Crippen LogP contribution >= 0.6 is 0 Å². The van der Waals surface area contributed by atoms with Crippen molar-refractivity contribution in [2.24, 2.45) is 10.7 Å². The molecule has 1 aliphatic rings. The number of hydrogen-bond acceptors (Lipinski definition) is 2. The Morgan fingerprint density at radius 3 is 2.79 bits per heavy atom. The van der Waals surface area contributed by atoms with Crippen molar-refractivity contribution in [3.63, 3.8) is 0 Å². The van der Waals surface area contributed by atoms with Gasteiger partial charge in [0.15, 0.2) is 5.96 Å². The van der Waals surface area contributed by atoms with Gasteiger partial charge in [0.1, 0.15) is 0 Å². The lowest BCUT2D eigenvalue weighted by molar-refractivity contribution is 0.879. The molecule has 1 aromatic heterocycles. The first-order valence-corrected chi connectivity index (χ1v) is 6.45. The predicted octanol–water partition coefficient (Wildman–Crippen LogP) is 1.44. The van der Waals surface area contributed by atoms with E-state index >= 15 is 0 Å². The summed E-state index contributed by atoms with van der Waals surface area (Å²) in [5.41, 5.74) is 8.03. The number of rotatable bonds is 4. The number of benzene rings is 1.